The van der Waals surface area contributed by atoms with E-state index in [-0.39, 0.29) is 0 Å². The van der Waals surface area contributed by atoms with Crippen LogP contribution in [0.2, 0.25) is 0 Å². The Kier molecular flexibility index (Phi) is 1.94. The summed E-state index contributed by atoms with van der Waals surface area (Å²) in [7, 11) is 0. The van der Waals surface area contributed by atoms with Gasteiger partial charge in [-0.2, -0.15) is 0 Å². The molecule has 0 unspecified atom stereocenters. The van der Waals surface area contributed by atoms with Crippen LogP contribution < -0.4 is 5.73 Å². The van der Waals surface area contributed by atoms with Gasteiger partial charge in [0.1, 0.15) is 0 Å². The Balaban J connectivity index is 2.58. The van der Waals surface area contributed by atoms with Gasteiger partial charge in [0, 0.05) is 0 Å². The molecule has 4 heteroatoms. The number of rotatable bonds is 0. The Hall–Kier alpha value is -1.13. The van der Waals surface area contributed by atoms with Crippen LogP contribution in [0.5, 0.6) is 0 Å². The lowest BCUT2D eigenvalue weighted by molar-refractivity contribution is 1.49. The van der Waals surface area contributed by atoms with Crippen LogP contribution in [0.25, 0.3) is 21.0 Å². The third-order valence-electron chi connectivity index (χ3n) is 2.36. The summed E-state index contributed by atoms with van der Waals surface area (Å²) in [6.07, 6.45) is 0. The summed E-state index contributed by atoms with van der Waals surface area (Å²) in [5.74, 6) is 0. The second-order valence-electron chi connectivity index (χ2n) is 3.31. The summed E-state index contributed by atoms with van der Waals surface area (Å²) in [4.78, 5) is 4.31. The van der Waals surface area contributed by atoms with Crippen molar-refractivity contribution >= 4 is 53.4 Å². The summed E-state index contributed by atoms with van der Waals surface area (Å²) >= 11 is 5.10. The number of nitrogen functional groups attached to an aromatic ring is 1. The molecule has 1 aromatic heterocycles. The van der Waals surface area contributed by atoms with E-state index in [0.717, 1.165) is 14.7 Å². The maximum atomic E-state index is 5.71. The first-order valence-corrected chi connectivity index (χ1v) is 6.10. The first-order valence-electron chi connectivity index (χ1n) is 4.49. The molecule has 15 heavy (non-hydrogen) atoms. The fraction of sp³-hybridized carbons (Fsp3) is 0. The van der Waals surface area contributed by atoms with Crippen molar-refractivity contribution in [3.05, 3.63) is 34.8 Å². The third kappa shape index (κ3) is 1.33. The molecular weight excluding hydrogens is 272 g/mol. The number of benzene rings is 2. The molecule has 0 saturated heterocycles. The molecule has 3 rings (SSSR count). The minimum atomic E-state index is 0.612. The molecule has 1 heterocycles. The lowest BCUT2D eigenvalue weighted by Gasteiger charge is -2.00. The fourth-order valence-corrected chi connectivity index (χ4v) is 3.28. The normalized spacial score (nSPS) is 11.3. The Morgan fingerprint density at radius 2 is 2.07 bits per heavy atom. The minimum Gasteiger partial charge on any atom is -0.375 e. The lowest BCUT2D eigenvalue weighted by Crippen LogP contribution is -1.80. The largest absolute Gasteiger partial charge is 0.375 e. The van der Waals surface area contributed by atoms with Crippen molar-refractivity contribution in [3.8, 4) is 0 Å². The zero-order chi connectivity index (χ0) is 10.4. The van der Waals surface area contributed by atoms with Crippen molar-refractivity contribution in [2.45, 2.75) is 0 Å². The van der Waals surface area contributed by atoms with Crippen LogP contribution in [0.1, 0.15) is 0 Å². The Morgan fingerprint density at radius 3 is 2.93 bits per heavy atom. The second kappa shape index (κ2) is 3.18. The molecule has 0 spiro atoms. The van der Waals surface area contributed by atoms with Crippen LogP contribution in [0.15, 0.2) is 34.8 Å². The Bertz CT molecular complexity index is 660. The fourth-order valence-electron chi connectivity index (χ4n) is 1.70. The van der Waals surface area contributed by atoms with Crippen molar-refractivity contribution in [1.29, 1.82) is 0 Å². The highest BCUT2D eigenvalue weighted by Crippen LogP contribution is 2.35. The van der Waals surface area contributed by atoms with Crippen LogP contribution in [-0.4, -0.2) is 4.98 Å². The average Bonchev–Trinajstić information content (AvgIpc) is 2.59. The standard InChI is InChI=1S/C11H7BrN2S/c12-9-7-4-2-1-3-6(7)5-8-10(9)14-11(13)15-8/h1-5H,(H2,13,14). The molecule has 3 aromatic rings. The molecule has 2 aromatic carbocycles. The quantitative estimate of drug-likeness (QED) is 0.680. The van der Waals surface area contributed by atoms with Crippen LogP contribution in [0.3, 0.4) is 0 Å². The van der Waals surface area contributed by atoms with Crippen LogP contribution >= 0.6 is 27.3 Å². The zero-order valence-corrected chi connectivity index (χ0v) is 10.1. The highest BCUT2D eigenvalue weighted by atomic mass is 79.9. The summed E-state index contributed by atoms with van der Waals surface area (Å²) < 4.78 is 2.15. The molecule has 2 N–H and O–H groups in total. The SMILES string of the molecule is Nc1nc2c(Br)c3ccccc3cc2s1. The molecular formula is C11H7BrN2S. The number of nitrogens with two attached hydrogens (primary N) is 1. The molecule has 0 bridgehead atoms. The molecule has 0 aliphatic heterocycles. The molecule has 0 radical (unpaired) electrons. The number of fused-ring (bicyclic) bond motifs is 2. The summed E-state index contributed by atoms with van der Waals surface area (Å²) in [6.45, 7) is 0. The van der Waals surface area contributed by atoms with Gasteiger partial charge in [-0.15, -0.1) is 0 Å². The molecule has 74 valence electrons. The van der Waals surface area contributed by atoms with Crippen LogP contribution in [0, 0.1) is 0 Å². The average molecular weight is 279 g/mol. The molecule has 0 saturated carbocycles. The van der Waals surface area contributed by atoms with Crippen LogP contribution in [0.4, 0.5) is 5.13 Å². The first-order chi connectivity index (χ1) is 7.25. The molecule has 0 amide bonds. The maximum absolute atomic E-state index is 5.71. The van der Waals surface area contributed by atoms with E-state index in [1.807, 2.05) is 12.1 Å². The molecule has 0 atom stereocenters. The number of hydrogen-bond donors (Lipinski definition) is 1. The van der Waals surface area contributed by atoms with Gasteiger partial charge in [-0.3, -0.25) is 0 Å². The van der Waals surface area contributed by atoms with E-state index < -0.39 is 0 Å². The smallest absolute Gasteiger partial charge is 0.181 e. The van der Waals surface area contributed by atoms with Gasteiger partial charge in [-0.25, -0.2) is 4.98 Å². The number of halogens is 1. The van der Waals surface area contributed by atoms with Gasteiger partial charge in [0.05, 0.1) is 14.7 Å². The molecule has 0 aliphatic carbocycles. The monoisotopic (exact) mass is 278 g/mol. The Labute approximate surface area is 98.9 Å². The minimum absolute atomic E-state index is 0.612. The number of anilines is 1. The molecule has 0 fully saturated rings. The van der Waals surface area contributed by atoms with Gasteiger partial charge in [-0.1, -0.05) is 35.6 Å². The van der Waals surface area contributed by atoms with Gasteiger partial charge in [-0.05, 0) is 32.8 Å². The van der Waals surface area contributed by atoms with E-state index in [1.54, 1.807) is 0 Å². The zero-order valence-electron chi connectivity index (χ0n) is 7.70. The van der Waals surface area contributed by atoms with E-state index in [9.17, 15) is 0 Å². The maximum Gasteiger partial charge on any atom is 0.181 e. The van der Waals surface area contributed by atoms with Crippen molar-refractivity contribution < 1.29 is 0 Å². The molecule has 0 aliphatic rings. The number of hydrogen-bond acceptors (Lipinski definition) is 3. The Morgan fingerprint density at radius 1 is 1.27 bits per heavy atom. The van der Waals surface area contributed by atoms with Crippen LogP contribution in [-0.2, 0) is 0 Å². The molecule has 2 nitrogen and oxygen atoms in total. The summed E-state index contributed by atoms with van der Waals surface area (Å²) in [6, 6.07) is 10.4. The van der Waals surface area contributed by atoms with E-state index in [0.29, 0.717) is 5.13 Å². The summed E-state index contributed by atoms with van der Waals surface area (Å²) in [5, 5.41) is 3.00. The highest BCUT2D eigenvalue weighted by Gasteiger charge is 2.08. The number of thiazole rings is 1. The topological polar surface area (TPSA) is 38.9 Å². The second-order valence-corrected chi connectivity index (χ2v) is 5.17. The van der Waals surface area contributed by atoms with Gasteiger partial charge in [0.2, 0.25) is 0 Å². The van der Waals surface area contributed by atoms with Crippen molar-refractivity contribution in [2.75, 3.05) is 5.73 Å². The van der Waals surface area contributed by atoms with Crippen molar-refractivity contribution in [3.63, 3.8) is 0 Å². The number of nitrogens with zero attached hydrogens (tertiary/aromatic N) is 1. The van der Waals surface area contributed by atoms with Gasteiger partial charge >= 0.3 is 0 Å². The van der Waals surface area contributed by atoms with E-state index in [4.69, 9.17) is 5.73 Å². The predicted octanol–water partition coefficient (Wildman–Crippen LogP) is 3.79. The number of aromatic nitrogens is 1. The van der Waals surface area contributed by atoms with Gasteiger partial charge in [0.25, 0.3) is 0 Å². The van der Waals surface area contributed by atoms with Gasteiger partial charge < -0.3 is 5.73 Å². The summed E-state index contributed by atoms with van der Waals surface area (Å²) in [5.41, 5.74) is 6.66. The van der Waals surface area contributed by atoms with Gasteiger partial charge in [0.15, 0.2) is 5.13 Å². The van der Waals surface area contributed by atoms with Crippen molar-refractivity contribution in [2.24, 2.45) is 0 Å². The predicted molar refractivity (Wildman–Crippen MR) is 69.2 cm³/mol. The highest BCUT2D eigenvalue weighted by molar-refractivity contribution is 9.10. The first kappa shape index (κ1) is 9.12. The van der Waals surface area contributed by atoms with E-state index >= 15 is 0 Å². The van der Waals surface area contributed by atoms with Crippen molar-refractivity contribution in [1.82, 2.24) is 4.98 Å². The van der Waals surface area contributed by atoms with E-state index in [1.165, 1.54) is 22.1 Å². The lowest BCUT2D eigenvalue weighted by atomic mass is 10.1. The van der Waals surface area contributed by atoms with E-state index in [2.05, 4.69) is 39.1 Å². The third-order valence-corrected chi connectivity index (χ3v) is 4.00.